The average molecular weight is 170 g/mol. The maximum atomic E-state index is 12.5. The quantitative estimate of drug-likeness (QED) is 0.643. The van der Waals surface area contributed by atoms with E-state index in [0.29, 0.717) is 5.69 Å². The second-order valence-electron chi connectivity index (χ2n) is 2.77. The topological polar surface area (TPSA) is 34.9 Å². The summed E-state index contributed by atoms with van der Waals surface area (Å²) in [4.78, 5) is 14.7. The highest BCUT2D eigenvalue weighted by atomic mass is 19.1. The fourth-order valence-electron chi connectivity index (χ4n) is 1.03. The van der Waals surface area contributed by atoms with E-state index in [1.54, 1.807) is 0 Å². The fourth-order valence-corrected chi connectivity index (χ4v) is 1.03. The summed E-state index contributed by atoms with van der Waals surface area (Å²) in [7, 11) is 0. The number of carbonyl (C=O) groups excluding carboxylic acids is 1. The number of ketones is 1. The Bertz CT molecular complexity index is 280. The zero-order chi connectivity index (χ0) is 9.14. The molecule has 0 bridgehead atoms. The summed E-state index contributed by atoms with van der Waals surface area (Å²) in [6.45, 7) is 3.08. The standard InChI is InChI=1S/C8H11FN2O/c1-6(9)4-11-5-10-3-8(11)7(2)12/h3,5-6H,4H2,1-2H3. The van der Waals surface area contributed by atoms with Gasteiger partial charge >= 0.3 is 0 Å². The monoisotopic (exact) mass is 170 g/mol. The molecule has 0 aliphatic carbocycles. The van der Waals surface area contributed by atoms with Gasteiger partial charge in [-0.25, -0.2) is 9.37 Å². The maximum Gasteiger partial charge on any atom is 0.177 e. The molecule has 0 N–H and O–H groups in total. The number of hydrogen-bond donors (Lipinski definition) is 0. The fraction of sp³-hybridized carbons (Fsp3) is 0.500. The first-order chi connectivity index (χ1) is 5.61. The summed E-state index contributed by atoms with van der Waals surface area (Å²) in [6.07, 6.45) is 1.95. The Morgan fingerprint density at radius 1 is 1.83 bits per heavy atom. The van der Waals surface area contributed by atoms with Crippen molar-refractivity contribution in [2.45, 2.75) is 26.6 Å². The van der Waals surface area contributed by atoms with Crippen molar-refractivity contribution in [2.75, 3.05) is 0 Å². The van der Waals surface area contributed by atoms with Gasteiger partial charge in [0.15, 0.2) is 5.78 Å². The van der Waals surface area contributed by atoms with Gasteiger partial charge in [0.05, 0.1) is 19.1 Å². The molecule has 1 aromatic heterocycles. The number of nitrogens with zero attached hydrogens (tertiary/aromatic N) is 2. The molecule has 0 amide bonds. The van der Waals surface area contributed by atoms with Crippen molar-refractivity contribution in [3.63, 3.8) is 0 Å². The van der Waals surface area contributed by atoms with Crippen LogP contribution in [-0.4, -0.2) is 21.5 Å². The number of hydrogen-bond acceptors (Lipinski definition) is 2. The van der Waals surface area contributed by atoms with Gasteiger partial charge < -0.3 is 4.57 Å². The summed E-state index contributed by atoms with van der Waals surface area (Å²) >= 11 is 0. The third-order valence-electron chi connectivity index (χ3n) is 1.52. The van der Waals surface area contributed by atoms with Crippen LogP contribution in [0.1, 0.15) is 24.3 Å². The lowest BCUT2D eigenvalue weighted by Crippen LogP contribution is -2.11. The highest BCUT2D eigenvalue weighted by Crippen LogP contribution is 2.03. The van der Waals surface area contributed by atoms with E-state index in [2.05, 4.69) is 4.98 Å². The van der Waals surface area contributed by atoms with E-state index in [4.69, 9.17) is 0 Å². The van der Waals surface area contributed by atoms with Gasteiger partial charge in [0, 0.05) is 6.92 Å². The van der Waals surface area contributed by atoms with Crippen LogP contribution in [0.25, 0.3) is 0 Å². The molecule has 12 heavy (non-hydrogen) atoms. The first kappa shape index (κ1) is 8.90. The lowest BCUT2D eigenvalue weighted by Gasteiger charge is -2.05. The second kappa shape index (κ2) is 3.47. The van der Waals surface area contributed by atoms with Crippen molar-refractivity contribution < 1.29 is 9.18 Å². The zero-order valence-electron chi connectivity index (χ0n) is 7.12. The molecule has 0 aliphatic rings. The van der Waals surface area contributed by atoms with Crippen LogP contribution in [-0.2, 0) is 6.54 Å². The van der Waals surface area contributed by atoms with E-state index >= 15 is 0 Å². The molecule has 1 unspecified atom stereocenters. The summed E-state index contributed by atoms with van der Waals surface area (Å²) in [5.41, 5.74) is 0.458. The molecule has 0 radical (unpaired) electrons. The number of alkyl halides is 1. The summed E-state index contributed by atoms with van der Waals surface area (Å²) < 4.78 is 14.1. The Kier molecular flexibility index (Phi) is 2.58. The van der Waals surface area contributed by atoms with Crippen molar-refractivity contribution in [3.8, 4) is 0 Å². The molecule has 1 aromatic rings. The molecule has 1 rings (SSSR count). The van der Waals surface area contributed by atoms with Gasteiger partial charge in [-0.1, -0.05) is 0 Å². The summed E-state index contributed by atoms with van der Waals surface area (Å²) in [6, 6.07) is 0. The number of halogens is 1. The molecule has 0 saturated heterocycles. The number of rotatable bonds is 3. The molecule has 0 aromatic carbocycles. The average Bonchev–Trinajstić information content (AvgIpc) is 2.33. The van der Waals surface area contributed by atoms with Crippen LogP contribution in [0.15, 0.2) is 12.5 Å². The van der Waals surface area contributed by atoms with E-state index in [0.717, 1.165) is 0 Å². The van der Waals surface area contributed by atoms with Crippen LogP contribution < -0.4 is 0 Å². The zero-order valence-corrected chi connectivity index (χ0v) is 7.12. The largest absolute Gasteiger partial charge is 0.325 e. The van der Waals surface area contributed by atoms with Gasteiger partial charge in [0.2, 0.25) is 0 Å². The first-order valence-electron chi connectivity index (χ1n) is 3.76. The van der Waals surface area contributed by atoms with E-state index in [-0.39, 0.29) is 12.3 Å². The first-order valence-corrected chi connectivity index (χ1v) is 3.76. The Labute approximate surface area is 70.2 Å². The highest BCUT2D eigenvalue weighted by molar-refractivity contribution is 5.92. The van der Waals surface area contributed by atoms with Crippen LogP contribution in [0.5, 0.6) is 0 Å². The normalized spacial score (nSPS) is 12.9. The third-order valence-corrected chi connectivity index (χ3v) is 1.52. The Hall–Kier alpha value is -1.19. The van der Waals surface area contributed by atoms with E-state index < -0.39 is 6.17 Å². The Balaban J connectivity index is 2.84. The van der Waals surface area contributed by atoms with Gasteiger partial charge in [-0.15, -0.1) is 0 Å². The number of Topliss-reactive ketones (excluding diaryl/α,β-unsaturated/α-hetero) is 1. The van der Waals surface area contributed by atoms with Crippen molar-refractivity contribution in [1.82, 2.24) is 9.55 Å². The molecule has 66 valence electrons. The molecule has 1 heterocycles. The molecule has 0 spiro atoms. The van der Waals surface area contributed by atoms with Crippen molar-refractivity contribution in [2.24, 2.45) is 0 Å². The molecule has 4 heteroatoms. The lowest BCUT2D eigenvalue weighted by atomic mass is 10.3. The van der Waals surface area contributed by atoms with E-state index in [1.807, 2.05) is 0 Å². The molecular weight excluding hydrogens is 159 g/mol. The number of imidazole rings is 1. The van der Waals surface area contributed by atoms with Gasteiger partial charge in [0.1, 0.15) is 11.9 Å². The van der Waals surface area contributed by atoms with Crippen LogP contribution in [0.2, 0.25) is 0 Å². The molecule has 3 nitrogen and oxygen atoms in total. The second-order valence-corrected chi connectivity index (χ2v) is 2.77. The Morgan fingerprint density at radius 3 is 3.00 bits per heavy atom. The van der Waals surface area contributed by atoms with Crippen molar-refractivity contribution in [3.05, 3.63) is 18.2 Å². The minimum Gasteiger partial charge on any atom is -0.325 e. The van der Waals surface area contributed by atoms with Crippen LogP contribution >= 0.6 is 0 Å². The SMILES string of the molecule is CC(=O)c1cncn1CC(C)F. The smallest absolute Gasteiger partial charge is 0.177 e. The third kappa shape index (κ3) is 1.90. The predicted octanol–water partition coefficient (Wildman–Crippen LogP) is 1.44. The number of carbonyl (C=O) groups is 1. The Morgan fingerprint density at radius 2 is 2.50 bits per heavy atom. The van der Waals surface area contributed by atoms with Crippen LogP contribution in [0.3, 0.4) is 0 Å². The van der Waals surface area contributed by atoms with Gasteiger partial charge in [-0.05, 0) is 6.92 Å². The predicted molar refractivity (Wildman–Crippen MR) is 42.8 cm³/mol. The molecular formula is C8H11FN2O. The molecule has 0 saturated carbocycles. The number of aromatic nitrogens is 2. The highest BCUT2D eigenvalue weighted by Gasteiger charge is 2.08. The van der Waals surface area contributed by atoms with Gasteiger partial charge in [0.25, 0.3) is 0 Å². The van der Waals surface area contributed by atoms with E-state index in [9.17, 15) is 9.18 Å². The summed E-state index contributed by atoms with van der Waals surface area (Å²) in [5, 5.41) is 0. The van der Waals surface area contributed by atoms with Crippen LogP contribution in [0, 0.1) is 0 Å². The minimum absolute atomic E-state index is 0.0897. The van der Waals surface area contributed by atoms with E-state index in [1.165, 1.54) is 30.9 Å². The van der Waals surface area contributed by atoms with Gasteiger partial charge in [-0.3, -0.25) is 4.79 Å². The maximum absolute atomic E-state index is 12.5. The molecule has 1 atom stereocenters. The van der Waals surface area contributed by atoms with Crippen molar-refractivity contribution >= 4 is 5.78 Å². The molecule has 0 aliphatic heterocycles. The van der Waals surface area contributed by atoms with Crippen molar-refractivity contribution in [1.29, 1.82) is 0 Å². The lowest BCUT2D eigenvalue weighted by molar-refractivity contribution is 0.100. The van der Waals surface area contributed by atoms with Crippen LogP contribution in [0.4, 0.5) is 4.39 Å². The minimum atomic E-state index is -0.961. The summed E-state index contributed by atoms with van der Waals surface area (Å²) in [5.74, 6) is -0.0897. The molecule has 0 fully saturated rings. The van der Waals surface area contributed by atoms with Gasteiger partial charge in [-0.2, -0.15) is 0 Å².